The van der Waals surface area contributed by atoms with E-state index < -0.39 is 12.1 Å². The average molecular weight is 945 g/mol. The number of ether oxygens (including phenoxy) is 1. The second-order valence-electron chi connectivity index (χ2n) is 20.7. The Morgan fingerprint density at radius 3 is 1.06 bits per heavy atom. The molecule has 3 N–H and O–H groups in total. The molecule has 0 aliphatic rings. The molecule has 0 aromatic heterocycles. The van der Waals surface area contributed by atoms with Gasteiger partial charge >= 0.3 is 5.97 Å². The van der Waals surface area contributed by atoms with E-state index in [1.54, 1.807) is 6.08 Å². The van der Waals surface area contributed by atoms with E-state index in [2.05, 4.69) is 31.3 Å². The minimum absolute atomic E-state index is 0.0000612. The van der Waals surface area contributed by atoms with Gasteiger partial charge in [-0.3, -0.25) is 9.59 Å². The molecule has 396 valence electrons. The Balaban J connectivity index is 3.43. The maximum absolute atomic E-state index is 12.5. The molecule has 0 saturated carbocycles. The van der Waals surface area contributed by atoms with Crippen molar-refractivity contribution in [2.24, 2.45) is 0 Å². The summed E-state index contributed by atoms with van der Waals surface area (Å²) < 4.78 is 5.47. The summed E-state index contributed by atoms with van der Waals surface area (Å²) in [6, 6.07) is -0.630. The third-order valence-corrected chi connectivity index (χ3v) is 14.0. The number of hydrogen-bond acceptors (Lipinski definition) is 5. The van der Waals surface area contributed by atoms with Gasteiger partial charge in [0.05, 0.1) is 25.4 Å². The van der Waals surface area contributed by atoms with E-state index in [4.69, 9.17) is 4.74 Å². The van der Waals surface area contributed by atoms with E-state index in [1.807, 2.05) is 6.08 Å². The fourth-order valence-electron chi connectivity index (χ4n) is 9.34. The number of carbonyl (C=O) groups excluding carboxylic acids is 2. The van der Waals surface area contributed by atoms with Crippen molar-refractivity contribution in [2.75, 3.05) is 13.2 Å². The summed E-state index contributed by atoms with van der Waals surface area (Å²) in [4.78, 5) is 24.5. The molecule has 2 atom stereocenters. The number of aliphatic hydroxyl groups is 2. The van der Waals surface area contributed by atoms with E-state index in [0.29, 0.717) is 19.4 Å². The Morgan fingerprint density at radius 2 is 0.701 bits per heavy atom. The maximum Gasteiger partial charge on any atom is 0.305 e. The molecular weight excluding hydrogens is 827 g/mol. The highest BCUT2D eigenvalue weighted by Crippen LogP contribution is 2.17. The third kappa shape index (κ3) is 53.5. The van der Waals surface area contributed by atoms with Gasteiger partial charge in [-0.1, -0.05) is 282 Å². The first-order valence-electron chi connectivity index (χ1n) is 30.1. The number of rotatable bonds is 56. The zero-order chi connectivity index (χ0) is 48.6. The number of hydrogen-bond donors (Lipinski definition) is 3. The molecule has 1 amide bonds. The summed E-state index contributed by atoms with van der Waals surface area (Å²) in [5.74, 6) is -0.0688. The van der Waals surface area contributed by atoms with Crippen molar-refractivity contribution in [3.05, 3.63) is 24.3 Å². The number of unbranched alkanes of at least 4 members (excludes halogenated alkanes) is 43. The first-order valence-corrected chi connectivity index (χ1v) is 30.1. The molecule has 0 rings (SSSR count). The quantitative estimate of drug-likeness (QED) is 0.0321. The second-order valence-corrected chi connectivity index (χ2v) is 20.7. The van der Waals surface area contributed by atoms with Crippen LogP contribution in [-0.4, -0.2) is 47.4 Å². The SMILES string of the molecule is CCCCCCC/C=C\CCCCCCCC(=O)OCCCCCCCCCCCCCCCCCCCCCC(=O)NC(CO)C(O)/C=C/CCCCCCCCCCCCCCCCC. The minimum Gasteiger partial charge on any atom is -0.466 e. The Morgan fingerprint density at radius 1 is 0.403 bits per heavy atom. The fraction of sp³-hybridized carbons (Fsp3) is 0.902. The number of allylic oxidation sites excluding steroid dienone is 3. The van der Waals surface area contributed by atoms with Crippen molar-refractivity contribution in [3.8, 4) is 0 Å². The van der Waals surface area contributed by atoms with Crippen molar-refractivity contribution in [1.82, 2.24) is 5.32 Å². The molecule has 2 unspecified atom stereocenters. The van der Waals surface area contributed by atoms with Gasteiger partial charge in [0, 0.05) is 12.8 Å². The van der Waals surface area contributed by atoms with Gasteiger partial charge in [0.1, 0.15) is 0 Å². The summed E-state index contributed by atoms with van der Waals surface area (Å²) in [5.41, 5.74) is 0. The van der Waals surface area contributed by atoms with Gasteiger partial charge in [0.2, 0.25) is 5.91 Å². The zero-order valence-electron chi connectivity index (χ0n) is 45.1. The number of carbonyl (C=O) groups is 2. The summed E-state index contributed by atoms with van der Waals surface area (Å²) in [5, 5.41) is 23.1. The van der Waals surface area contributed by atoms with E-state index in [1.165, 1.54) is 257 Å². The lowest BCUT2D eigenvalue weighted by molar-refractivity contribution is -0.143. The minimum atomic E-state index is -0.846. The van der Waals surface area contributed by atoms with Crippen LogP contribution in [0.1, 0.15) is 328 Å². The lowest BCUT2D eigenvalue weighted by Gasteiger charge is -2.20. The lowest BCUT2D eigenvalue weighted by atomic mass is 10.0. The molecule has 0 aliphatic carbocycles. The molecule has 0 aromatic carbocycles. The molecule has 0 saturated heterocycles. The van der Waals surface area contributed by atoms with Gasteiger partial charge in [0.15, 0.2) is 0 Å². The van der Waals surface area contributed by atoms with E-state index in [0.717, 1.165) is 44.9 Å². The van der Waals surface area contributed by atoms with Gasteiger partial charge in [-0.05, 0) is 57.8 Å². The lowest BCUT2D eigenvalue weighted by Crippen LogP contribution is -2.45. The fourth-order valence-corrected chi connectivity index (χ4v) is 9.34. The number of aliphatic hydroxyl groups excluding tert-OH is 2. The van der Waals surface area contributed by atoms with Crippen LogP contribution in [0.2, 0.25) is 0 Å². The Labute approximate surface area is 418 Å². The molecule has 0 aliphatic heterocycles. The Kier molecular flexibility index (Phi) is 55.5. The van der Waals surface area contributed by atoms with Crippen LogP contribution < -0.4 is 5.32 Å². The van der Waals surface area contributed by atoms with Crippen LogP contribution in [0.4, 0.5) is 0 Å². The largest absolute Gasteiger partial charge is 0.466 e. The van der Waals surface area contributed by atoms with Gasteiger partial charge < -0.3 is 20.3 Å². The van der Waals surface area contributed by atoms with Gasteiger partial charge in [-0.2, -0.15) is 0 Å². The molecule has 0 fully saturated rings. The number of nitrogens with one attached hydrogen (secondary N) is 1. The highest BCUT2D eigenvalue weighted by atomic mass is 16.5. The van der Waals surface area contributed by atoms with Gasteiger partial charge in [0.25, 0.3) is 0 Å². The van der Waals surface area contributed by atoms with Crippen molar-refractivity contribution < 1.29 is 24.5 Å². The summed E-state index contributed by atoms with van der Waals surface area (Å²) >= 11 is 0. The van der Waals surface area contributed by atoms with Crippen LogP contribution in [0.5, 0.6) is 0 Å². The first kappa shape index (κ1) is 65.3. The normalized spacial score (nSPS) is 12.7. The summed E-state index contributed by atoms with van der Waals surface area (Å²) in [7, 11) is 0. The van der Waals surface area contributed by atoms with Crippen molar-refractivity contribution in [3.63, 3.8) is 0 Å². The molecular formula is C61H117NO5. The van der Waals surface area contributed by atoms with Crippen molar-refractivity contribution in [1.29, 1.82) is 0 Å². The van der Waals surface area contributed by atoms with Crippen LogP contribution in [0, 0.1) is 0 Å². The summed E-state index contributed by atoms with van der Waals surface area (Å²) in [6.45, 7) is 4.90. The second kappa shape index (κ2) is 56.9. The predicted molar refractivity (Wildman–Crippen MR) is 292 cm³/mol. The van der Waals surface area contributed by atoms with E-state index in [-0.39, 0.29) is 18.5 Å². The van der Waals surface area contributed by atoms with Crippen LogP contribution in [0.25, 0.3) is 0 Å². The number of esters is 1. The summed E-state index contributed by atoms with van der Waals surface area (Å²) in [6.07, 6.45) is 69.2. The molecule has 0 radical (unpaired) electrons. The van der Waals surface area contributed by atoms with E-state index >= 15 is 0 Å². The van der Waals surface area contributed by atoms with Crippen LogP contribution in [0.15, 0.2) is 24.3 Å². The van der Waals surface area contributed by atoms with Crippen LogP contribution in [0.3, 0.4) is 0 Å². The van der Waals surface area contributed by atoms with Crippen molar-refractivity contribution >= 4 is 11.9 Å². The molecule has 0 spiro atoms. The van der Waals surface area contributed by atoms with Crippen molar-refractivity contribution in [2.45, 2.75) is 341 Å². The molecule has 6 nitrogen and oxygen atoms in total. The average Bonchev–Trinajstić information content (AvgIpc) is 3.33. The monoisotopic (exact) mass is 944 g/mol. The molecule has 0 aromatic rings. The molecule has 67 heavy (non-hydrogen) atoms. The highest BCUT2D eigenvalue weighted by Gasteiger charge is 2.18. The topological polar surface area (TPSA) is 95.9 Å². The highest BCUT2D eigenvalue weighted by molar-refractivity contribution is 5.76. The van der Waals surface area contributed by atoms with Crippen LogP contribution >= 0.6 is 0 Å². The first-order chi connectivity index (χ1) is 33.0. The number of amides is 1. The smallest absolute Gasteiger partial charge is 0.305 e. The van der Waals surface area contributed by atoms with Gasteiger partial charge in [-0.25, -0.2) is 0 Å². The molecule has 0 heterocycles. The predicted octanol–water partition coefficient (Wildman–Crippen LogP) is 18.6. The molecule has 6 heteroatoms. The van der Waals surface area contributed by atoms with E-state index in [9.17, 15) is 19.8 Å². The molecule has 0 bridgehead atoms. The third-order valence-electron chi connectivity index (χ3n) is 14.0. The van der Waals surface area contributed by atoms with Crippen LogP contribution in [-0.2, 0) is 14.3 Å². The Hall–Kier alpha value is -1.66. The maximum atomic E-state index is 12.5. The Bertz CT molecular complexity index is 1040. The standard InChI is InChI=1S/C61H117NO5/c1-3-5-7-9-11-13-15-17-19-23-26-29-33-37-41-45-49-53-59(64)58(57-63)62-60(65)54-50-46-42-38-34-30-27-24-21-20-22-25-28-32-36-40-44-48-52-56-67-61(66)55-51-47-43-39-35-31-18-16-14-12-10-8-6-4-2/h16,18,49,53,58-59,63-64H,3-15,17,19-48,50-52,54-57H2,1-2H3,(H,62,65)/b18-16-,53-49+. The van der Waals surface area contributed by atoms with Gasteiger partial charge in [-0.15, -0.1) is 0 Å². The zero-order valence-corrected chi connectivity index (χ0v) is 45.1.